The molecule has 1 aliphatic heterocycles. The molecule has 0 saturated carbocycles. The van der Waals surface area contributed by atoms with Crippen molar-refractivity contribution in [3.05, 3.63) is 0 Å². The highest BCUT2D eigenvalue weighted by Crippen LogP contribution is 2.44. The van der Waals surface area contributed by atoms with E-state index in [4.69, 9.17) is 15.2 Å². The highest BCUT2D eigenvalue weighted by atomic mass is 16.6. The molecular formula is C14H23N3O5. The van der Waals surface area contributed by atoms with Crippen LogP contribution in [0.1, 0.15) is 47.0 Å². The van der Waals surface area contributed by atoms with Gasteiger partial charge in [-0.05, 0) is 40.5 Å². The van der Waals surface area contributed by atoms with Crippen LogP contribution in [0.15, 0.2) is 5.10 Å². The van der Waals surface area contributed by atoms with Crippen molar-refractivity contribution in [2.75, 3.05) is 6.61 Å². The van der Waals surface area contributed by atoms with E-state index >= 15 is 0 Å². The quantitative estimate of drug-likeness (QED) is 0.329. The summed E-state index contributed by atoms with van der Waals surface area (Å²) in [6, 6.07) is -0.777. The lowest BCUT2D eigenvalue weighted by Gasteiger charge is -2.23. The molecule has 3 N–H and O–H groups in total. The van der Waals surface area contributed by atoms with Gasteiger partial charge in [0, 0.05) is 12.1 Å². The zero-order valence-corrected chi connectivity index (χ0v) is 13.4. The summed E-state index contributed by atoms with van der Waals surface area (Å²) in [6.07, 6.45) is 0.766. The van der Waals surface area contributed by atoms with Gasteiger partial charge in [0.05, 0.1) is 6.61 Å². The second-order valence-corrected chi connectivity index (χ2v) is 5.95. The number of cyclic esters (lactones) is 1. The smallest absolute Gasteiger partial charge is 0.332 e. The number of rotatable bonds is 6. The van der Waals surface area contributed by atoms with Crippen molar-refractivity contribution >= 4 is 23.7 Å². The van der Waals surface area contributed by atoms with E-state index in [9.17, 15) is 14.4 Å². The molecule has 0 spiro atoms. The molecule has 1 atom stereocenters. The Labute approximate surface area is 129 Å². The fraction of sp³-hybridized carbons (Fsp3) is 0.714. The predicted molar refractivity (Wildman–Crippen MR) is 78.9 cm³/mol. The third-order valence-corrected chi connectivity index (χ3v) is 3.42. The third kappa shape index (κ3) is 4.19. The lowest BCUT2D eigenvalue weighted by molar-refractivity contribution is -0.166. The number of urea groups is 1. The van der Waals surface area contributed by atoms with E-state index in [1.165, 1.54) is 0 Å². The van der Waals surface area contributed by atoms with Crippen LogP contribution in [-0.4, -0.2) is 35.9 Å². The highest BCUT2D eigenvalue weighted by Gasteiger charge is 2.58. The topological polar surface area (TPSA) is 120 Å². The second kappa shape index (κ2) is 6.76. The van der Waals surface area contributed by atoms with Crippen LogP contribution in [0.3, 0.4) is 0 Å². The van der Waals surface area contributed by atoms with Gasteiger partial charge in [0.15, 0.2) is 5.41 Å². The van der Waals surface area contributed by atoms with Crippen molar-refractivity contribution in [1.29, 1.82) is 0 Å². The number of ether oxygens (including phenoxy) is 2. The van der Waals surface area contributed by atoms with Crippen molar-refractivity contribution < 1.29 is 23.9 Å². The highest BCUT2D eigenvalue weighted by molar-refractivity contribution is 6.02. The van der Waals surface area contributed by atoms with Gasteiger partial charge < -0.3 is 15.2 Å². The van der Waals surface area contributed by atoms with Crippen LogP contribution in [0.2, 0.25) is 0 Å². The second-order valence-electron chi connectivity index (χ2n) is 5.95. The Morgan fingerprint density at radius 3 is 2.55 bits per heavy atom. The van der Waals surface area contributed by atoms with Crippen molar-refractivity contribution in [2.45, 2.75) is 52.6 Å². The first kappa shape index (κ1) is 17.9. The summed E-state index contributed by atoms with van der Waals surface area (Å²) >= 11 is 0. The summed E-state index contributed by atoms with van der Waals surface area (Å²) in [7, 11) is 0. The van der Waals surface area contributed by atoms with Crippen LogP contribution in [0.5, 0.6) is 0 Å². The molecule has 22 heavy (non-hydrogen) atoms. The van der Waals surface area contributed by atoms with Crippen LogP contribution in [-0.2, 0) is 19.1 Å². The molecule has 1 aliphatic rings. The van der Waals surface area contributed by atoms with E-state index in [-0.39, 0.29) is 19.4 Å². The van der Waals surface area contributed by atoms with Crippen molar-refractivity contribution in [3.8, 4) is 0 Å². The molecule has 1 saturated heterocycles. The minimum atomic E-state index is -1.33. The Hall–Kier alpha value is -2.12. The summed E-state index contributed by atoms with van der Waals surface area (Å²) in [4.78, 5) is 35.2. The van der Waals surface area contributed by atoms with E-state index in [0.717, 1.165) is 0 Å². The summed E-state index contributed by atoms with van der Waals surface area (Å²) in [5.74, 6) is -1.16. The molecule has 1 fully saturated rings. The average molecular weight is 313 g/mol. The van der Waals surface area contributed by atoms with Gasteiger partial charge >= 0.3 is 18.0 Å². The number of amides is 2. The first-order valence-electron chi connectivity index (χ1n) is 7.12. The zero-order chi connectivity index (χ0) is 17.0. The monoisotopic (exact) mass is 313 g/mol. The van der Waals surface area contributed by atoms with E-state index in [2.05, 4.69) is 10.5 Å². The van der Waals surface area contributed by atoms with Crippen molar-refractivity contribution in [3.63, 3.8) is 0 Å². The molecule has 0 aliphatic carbocycles. The van der Waals surface area contributed by atoms with Crippen LogP contribution in [0.25, 0.3) is 0 Å². The van der Waals surface area contributed by atoms with Gasteiger partial charge in [-0.1, -0.05) is 0 Å². The molecule has 0 aromatic carbocycles. The van der Waals surface area contributed by atoms with E-state index in [0.29, 0.717) is 12.1 Å². The van der Waals surface area contributed by atoms with E-state index < -0.39 is 29.0 Å². The van der Waals surface area contributed by atoms with Gasteiger partial charge in [0.1, 0.15) is 5.60 Å². The summed E-state index contributed by atoms with van der Waals surface area (Å²) in [6.45, 7) is 7.04. The molecular weight excluding hydrogens is 290 g/mol. The Kier molecular flexibility index (Phi) is 5.51. The normalized spacial score (nSPS) is 23.8. The number of nitrogens with one attached hydrogen (secondary N) is 1. The Morgan fingerprint density at radius 2 is 2.09 bits per heavy atom. The van der Waals surface area contributed by atoms with Gasteiger partial charge in [-0.25, -0.2) is 10.2 Å². The van der Waals surface area contributed by atoms with Crippen LogP contribution in [0, 0.1) is 5.41 Å². The van der Waals surface area contributed by atoms with Gasteiger partial charge in [-0.15, -0.1) is 0 Å². The Morgan fingerprint density at radius 1 is 1.45 bits per heavy atom. The minimum absolute atomic E-state index is 0.185. The number of hydrazone groups is 1. The summed E-state index contributed by atoms with van der Waals surface area (Å²) in [5, 5.41) is 3.77. The van der Waals surface area contributed by atoms with Crippen LogP contribution >= 0.6 is 0 Å². The fourth-order valence-electron chi connectivity index (χ4n) is 2.50. The molecule has 1 rings (SSSR count). The maximum Gasteiger partial charge on any atom is 0.332 e. The molecule has 1 heterocycles. The molecule has 8 heteroatoms. The molecule has 0 unspecified atom stereocenters. The van der Waals surface area contributed by atoms with Gasteiger partial charge in [0.2, 0.25) is 0 Å². The summed E-state index contributed by atoms with van der Waals surface area (Å²) < 4.78 is 10.3. The third-order valence-electron chi connectivity index (χ3n) is 3.42. The number of carbonyl (C=O) groups is 3. The largest absolute Gasteiger partial charge is 0.465 e. The van der Waals surface area contributed by atoms with Crippen LogP contribution in [0.4, 0.5) is 4.79 Å². The zero-order valence-electron chi connectivity index (χ0n) is 13.4. The number of hydrogen-bond donors (Lipinski definition) is 2. The van der Waals surface area contributed by atoms with Crippen molar-refractivity contribution in [2.24, 2.45) is 16.3 Å². The number of hydrogen-bond acceptors (Lipinski definition) is 6. The standard InChI is InChI=1S/C14H23N3O5/c1-5-21-10(18)14(8-13(3,4)22-11(14)19)7-6-9(2)16-17-12(15)20/h5-8H2,1-4H3,(H3,15,17,20)/b16-9+/t14-/m0/s1. The number of nitrogens with two attached hydrogens (primary N) is 1. The minimum Gasteiger partial charge on any atom is -0.465 e. The van der Waals surface area contributed by atoms with Gasteiger partial charge in [0.25, 0.3) is 0 Å². The Balaban J connectivity index is 2.89. The summed E-state index contributed by atoms with van der Waals surface area (Å²) in [5.41, 5.74) is 5.52. The fourth-order valence-corrected chi connectivity index (χ4v) is 2.50. The molecule has 8 nitrogen and oxygen atoms in total. The maximum absolute atomic E-state index is 12.3. The SMILES string of the molecule is CCOC(=O)[C@]1(CC/C(C)=N/NC(N)=O)CC(C)(C)OC1=O. The van der Waals surface area contributed by atoms with Gasteiger partial charge in [-0.3, -0.25) is 9.59 Å². The molecule has 0 bridgehead atoms. The molecule has 2 amide bonds. The number of carbonyl (C=O) groups excluding carboxylic acids is 3. The molecule has 0 aromatic heterocycles. The average Bonchev–Trinajstić information content (AvgIpc) is 2.64. The number of esters is 2. The molecule has 0 aromatic rings. The maximum atomic E-state index is 12.3. The van der Waals surface area contributed by atoms with Crippen LogP contribution < -0.4 is 11.2 Å². The van der Waals surface area contributed by atoms with E-state index in [1.54, 1.807) is 27.7 Å². The van der Waals surface area contributed by atoms with Crippen molar-refractivity contribution in [1.82, 2.24) is 5.43 Å². The first-order chi connectivity index (χ1) is 10.1. The number of nitrogens with zero attached hydrogens (tertiary/aromatic N) is 1. The lowest BCUT2D eigenvalue weighted by Crippen LogP contribution is -2.38. The predicted octanol–water partition coefficient (Wildman–Crippen LogP) is 1.09. The van der Waals surface area contributed by atoms with E-state index in [1.807, 2.05) is 0 Å². The molecule has 124 valence electrons. The first-order valence-corrected chi connectivity index (χ1v) is 7.12. The lowest BCUT2D eigenvalue weighted by atomic mass is 9.77. The number of primary amides is 1. The Bertz CT molecular complexity index is 501. The molecule has 0 radical (unpaired) electrons. The van der Waals surface area contributed by atoms with Gasteiger partial charge in [-0.2, -0.15) is 5.10 Å².